The third kappa shape index (κ3) is 2.27. The Morgan fingerprint density at radius 1 is 1.09 bits per heavy atom. The second-order valence-electron chi connectivity index (χ2n) is 5.68. The lowest BCUT2D eigenvalue weighted by atomic mass is 9.99. The molecular weight excluding hydrogens is 291 g/mol. The lowest BCUT2D eigenvalue weighted by Gasteiger charge is -2.30. The minimum absolute atomic E-state index is 0.172. The maximum Gasteiger partial charge on any atom is 0.259 e. The first-order valence-electron chi connectivity index (χ1n) is 7.69. The molecule has 4 heteroatoms. The highest BCUT2D eigenvalue weighted by molar-refractivity contribution is 6.13. The molecule has 23 heavy (non-hydrogen) atoms. The van der Waals surface area contributed by atoms with Gasteiger partial charge in [-0.05, 0) is 36.6 Å². The van der Waals surface area contributed by atoms with Crippen molar-refractivity contribution in [2.75, 3.05) is 11.4 Å². The van der Waals surface area contributed by atoms with E-state index in [-0.39, 0.29) is 11.7 Å². The van der Waals surface area contributed by atoms with Crippen LogP contribution in [-0.2, 0) is 6.42 Å². The van der Waals surface area contributed by atoms with Crippen LogP contribution in [0.2, 0.25) is 0 Å². The van der Waals surface area contributed by atoms with Crippen LogP contribution in [0.3, 0.4) is 0 Å². The quantitative estimate of drug-likeness (QED) is 0.681. The molecule has 1 aliphatic rings. The van der Waals surface area contributed by atoms with E-state index in [1.807, 2.05) is 30.3 Å². The van der Waals surface area contributed by atoms with Crippen molar-refractivity contribution < 1.29 is 9.18 Å². The molecule has 2 heterocycles. The molecule has 0 bridgehead atoms. The molecule has 2 aromatic carbocycles. The van der Waals surface area contributed by atoms with Gasteiger partial charge in [0, 0.05) is 18.1 Å². The van der Waals surface area contributed by atoms with Gasteiger partial charge in [-0.3, -0.25) is 9.78 Å². The van der Waals surface area contributed by atoms with E-state index in [1.54, 1.807) is 23.2 Å². The first-order chi connectivity index (χ1) is 11.3. The van der Waals surface area contributed by atoms with Gasteiger partial charge < -0.3 is 4.90 Å². The minimum Gasteiger partial charge on any atom is -0.305 e. The Hall–Kier alpha value is -2.75. The second kappa shape index (κ2) is 5.47. The van der Waals surface area contributed by atoms with E-state index < -0.39 is 0 Å². The van der Waals surface area contributed by atoms with Crippen molar-refractivity contribution in [2.45, 2.75) is 12.8 Å². The summed E-state index contributed by atoms with van der Waals surface area (Å²) < 4.78 is 14.3. The molecule has 0 saturated carbocycles. The molecule has 114 valence electrons. The van der Waals surface area contributed by atoms with Crippen LogP contribution in [0.4, 0.5) is 10.1 Å². The molecule has 3 aromatic rings. The Bertz CT molecular complexity index is 902. The molecule has 0 atom stereocenters. The van der Waals surface area contributed by atoms with Crippen molar-refractivity contribution in [3.8, 4) is 0 Å². The SMILES string of the molecule is O=C(c1ccnc2ccccc12)N1CCCc2cccc(F)c21. The lowest BCUT2D eigenvalue weighted by Crippen LogP contribution is -2.36. The fraction of sp³-hybridized carbons (Fsp3) is 0.158. The van der Waals surface area contributed by atoms with E-state index in [2.05, 4.69) is 4.98 Å². The molecular formula is C19H15FN2O. The fourth-order valence-electron chi connectivity index (χ4n) is 3.23. The number of carbonyl (C=O) groups excluding carboxylic acids is 1. The van der Waals surface area contributed by atoms with Crippen LogP contribution in [-0.4, -0.2) is 17.4 Å². The van der Waals surface area contributed by atoms with Crippen LogP contribution in [0.25, 0.3) is 10.9 Å². The highest BCUT2D eigenvalue weighted by Gasteiger charge is 2.27. The van der Waals surface area contributed by atoms with Gasteiger partial charge >= 0.3 is 0 Å². The number of para-hydroxylation sites is 2. The Labute approximate surface area is 133 Å². The number of amides is 1. The van der Waals surface area contributed by atoms with E-state index in [0.29, 0.717) is 17.8 Å². The van der Waals surface area contributed by atoms with Crippen LogP contribution in [0.1, 0.15) is 22.3 Å². The molecule has 1 aromatic heterocycles. The third-order valence-corrected chi connectivity index (χ3v) is 4.29. The summed E-state index contributed by atoms with van der Waals surface area (Å²) in [6, 6.07) is 14.2. The largest absolute Gasteiger partial charge is 0.305 e. The number of carbonyl (C=O) groups is 1. The Kier molecular flexibility index (Phi) is 3.30. The number of nitrogens with zero attached hydrogens (tertiary/aromatic N) is 2. The van der Waals surface area contributed by atoms with E-state index >= 15 is 0 Å². The zero-order valence-electron chi connectivity index (χ0n) is 12.5. The summed E-state index contributed by atoms with van der Waals surface area (Å²) in [5, 5.41) is 0.795. The van der Waals surface area contributed by atoms with Gasteiger partial charge in [-0.25, -0.2) is 4.39 Å². The smallest absolute Gasteiger partial charge is 0.259 e. The summed E-state index contributed by atoms with van der Waals surface area (Å²) in [5.74, 6) is -0.511. The van der Waals surface area contributed by atoms with Gasteiger partial charge in [0.2, 0.25) is 0 Å². The molecule has 4 rings (SSSR count). The van der Waals surface area contributed by atoms with Gasteiger partial charge in [-0.2, -0.15) is 0 Å². The van der Waals surface area contributed by atoms with Gasteiger partial charge in [0.25, 0.3) is 5.91 Å². The van der Waals surface area contributed by atoms with E-state index in [4.69, 9.17) is 0 Å². The zero-order chi connectivity index (χ0) is 15.8. The summed E-state index contributed by atoms with van der Waals surface area (Å²) in [6.45, 7) is 0.531. The van der Waals surface area contributed by atoms with Gasteiger partial charge in [-0.1, -0.05) is 30.3 Å². The van der Waals surface area contributed by atoms with E-state index in [0.717, 1.165) is 29.3 Å². The first-order valence-corrected chi connectivity index (χ1v) is 7.69. The van der Waals surface area contributed by atoms with Crippen LogP contribution in [0.5, 0.6) is 0 Å². The van der Waals surface area contributed by atoms with Gasteiger partial charge in [0.05, 0.1) is 16.8 Å². The number of pyridine rings is 1. The lowest BCUT2D eigenvalue weighted by molar-refractivity contribution is 0.0985. The molecule has 0 unspecified atom stereocenters. The number of aryl methyl sites for hydroxylation is 1. The van der Waals surface area contributed by atoms with Crippen molar-refractivity contribution in [2.24, 2.45) is 0 Å². The summed E-state index contributed by atoms with van der Waals surface area (Å²) in [6.07, 6.45) is 3.26. The number of aromatic nitrogens is 1. The number of rotatable bonds is 1. The maximum atomic E-state index is 14.3. The van der Waals surface area contributed by atoms with Crippen molar-refractivity contribution >= 4 is 22.5 Å². The zero-order valence-corrected chi connectivity index (χ0v) is 12.5. The topological polar surface area (TPSA) is 33.2 Å². The maximum absolute atomic E-state index is 14.3. The van der Waals surface area contributed by atoms with Crippen LogP contribution in [0, 0.1) is 5.82 Å². The molecule has 3 nitrogen and oxygen atoms in total. The summed E-state index contributed by atoms with van der Waals surface area (Å²) in [7, 11) is 0. The normalized spacial score (nSPS) is 13.9. The number of anilines is 1. The number of halogens is 1. The average Bonchev–Trinajstić information content (AvgIpc) is 2.60. The van der Waals surface area contributed by atoms with Gasteiger partial charge in [0.1, 0.15) is 5.82 Å². The van der Waals surface area contributed by atoms with E-state index in [9.17, 15) is 9.18 Å². The first kappa shape index (κ1) is 13.9. The molecule has 1 amide bonds. The Morgan fingerprint density at radius 3 is 2.87 bits per heavy atom. The molecule has 0 aliphatic carbocycles. The Balaban J connectivity index is 1.85. The number of fused-ring (bicyclic) bond motifs is 2. The van der Waals surface area contributed by atoms with Crippen molar-refractivity contribution in [1.82, 2.24) is 4.98 Å². The van der Waals surface area contributed by atoms with E-state index in [1.165, 1.54) is 6.07 Å². The van der Waals surface area contributed by atoms with Gasteiger partial charge in [0.15, 0.2) is 0 Å². The Morgan fingerprint density at radius 2 is 1.96 bits per heavy atom. The number of hydrogen-bond acceptors (Lipinski definition) is 2. The molecule has 0 N–H and O–H groups in total. The highest BCUT2D eigenvalue weighted by atomic mass is 19.1. The second-order valence-corrected chi connectivity index (χ2v) is 5.68. The van der Waals surface area contributed by atoms with Crippen LogP contribution >= 0.6 is 0 Å². The van der Waals surface area contributed by atoms with Crippen molar-refractivity contribution in [3.05, 3.63) is 71.7 Å². The standard InChI is InChI=1S/C19H15FN2O/c20-16-8-3-5-13-6-4-12-22(18(13)16)19(23)15-10-11-21-17-9-2-1-7-14(15)17/h1-3,5,7-11H,4,6,12H2. The van der Waals surface area contributed by atoms with Gasteiger partial charge in [-0.15, -0.1) is 0 Å². The van der Waals surface area contributed by atoms with Crippen molar-refractivity contribution in [1.29, 1.82) is 0 Å². The summed E-state index contributed by atoms with van der Waals surface area (Å²) in [4.78, 5) is 18.9. The average molecular weight is 306 g/mol. The molecule has 0 fully saturated rings. The van der Waals surface area contributed by atoms with Crippen LogP contribution < -0.4 is 4.90 Å². The fourth-order valence-corrected chi connectivity index (χ4v) is 3.23. The number of hydrogen-bond donors (Lipinski definition) is 0. The third-order valence-electron chi connectivity index (χ3n) is 4.29. The predicted molar refractivity (Wildman–Crippen MR) is 88.1 cm³/mol. The van der Waals surface area contributed by atoms with Crippen LogP contribution in [0.15, 0.2) is 54.7 Å². The minimum atomic E-state index is -0.339. The number of benzene rings is 2. The summed E-state index contributed by atoms with van der Waals surface area (Å²) >= 11 is 0. The monoisotopic (exact) mass is 306 g/mol. The molecule has 1 aliphatic heterocycles. The molecule has 0 radical (unpaired) electrons. The predicted octanol–water partition coefficient (Wildman–Crippen LogP) is 3.97. The summed E-state index contributed by atoms with van der Waals surface area (Å²) in [5.41, 5.74) is 2.64. The highest BCUT2D eigenvalue weighted by Crippen LogP contribution is 2.32. The molecule has 0 spiro atoms. The van der Waals surface area contributed by atoms with Crippen molar-refractivity contribution in [3.63, 3.8) is 0 Å². The molecule has 0 saturated heterocycles.